The monoisotopic (exact) mass is 283 g/mol. The predicted octanol–water partition coefficient (Wildman–Crippen LogP) is 2.36. The standard InChI is InChI=1S/C15H25NO2S/c1-12(2)13(3)19(17)11-10-18-15-6-4-14(5-7-15)8-9-16/h4-7,12-13H,8-11,16H2,1-3H3. The van der Waals surface area contributed by atoms with Crippen LogP contribution in [0, 0.1) is 5.92 Å². The summed E-state index contributed by atoms with van der Waals surface area (Å²) < 4.78 is 17.5. The van der Waals surface area contributed by atoms with Crippen LogP contribution in [0.25, 0.3) is 0 Å². The molecule has 1 rings (SSSR count). The smallest absolute Gasteiger partial charge is 0.119 e. The Morgan fingerprint density at radius 3 is 2.37 bits per heavy atom. The molecule has 2 atom stereocenters. The summed E-state index contributed by atoms with van der Waals surface area (Å²) in [5.74, 6) is 1.86. The zero-order valence-electron chi connectivity index (χ0n) is 12.1. The van der Waals surface area contributed by atoms with E-state index in [1.165, 1.54) is 5.56 Å². The SMILES string of the molecule is CC(C)C(C)S(=O)CCOc1ccc(CCN)cc1. The molecule has 2 unspecified atom stereocenters. The van der Waals surface area contributed by atoms with Crippen LogP contribution in [0.5, 0.6) is 5.75 Å². The molecule has 19 heavy (non-hydrogen) atoms. The fraction of sp³-hybridized carbons (Fsp3) is 0.600. The lowest BCUT2D eigenvalue weighted by Gasteiger charge is -2.15. The lowest BCUT2D eigenvalue weighted by molar-refractivity contribution is 0.342. The Morgan fingerprint density at radius 2 is 1.84 bits per heavy atom. The number of rotatable bonds is 8. The maximum atomic E-state index is 11.9. The molecule has 0 aromatic heterocycles. The van der Waals surface area contributed by atoms with Gasteiger partial charge in [0.15, 0.2) is 0 Å². The Morgan fingerprint density at radius 1 is 1.21 bits per heavy atom. The highest BCUT2D eigenvalue weighted by Crippen LogP contribution is 2.13. The molecule has 4 heteroatoms. The molecule has 0 spiro atoms. The van der Waals surface area contributed by atoms with E-state index in [4.69, 9.17) is 10.5 Å². The van der Waals surface area contributed by atoms with E-state index < -0.39 is 10.8 Å². The third kappa shape index (κ3) is 5.74. The van der Waals surface area contributed by atoms with Crippen LogP contribution in [0.4, 0.5) is 0 Å². The first kappa shape index (κ1) is 16.2. The molecular weight excluding hydrogens is 258 g/mol. The second-order valence-corrected chi connectivity index (χ2v) is 6.98. The van der Waals surface area contributed by atoms with Crippen LogP contribution < -0.4 is 10.5 Å². The zero-order chi connectivity index (χ0) is 14.3. The summed E-state index contributed by atoms with van der Waals surface area (Å²) in [5.41, 5.74) is 6.71. The largest absolute Gasteiger partial charge is 0.493 e. The molecule has 0 radical (unpaired) electrons. The molecule has 0 heterocycles. The molecule has 108 valence electrons. The number of nitrogens with two attached hydrogens (primary N) is 1. The fourth-order valence-electron chi connectivity index (χ4n) is 1.65. The summed E-state index contributed by atoms with van der Waals surface area (Å²) >= 11 is 0. The summed E-state index contributed by atoms with van der Waals surface area (Å²) in [5, 5.41) is 0.218. The van der Waals surface area contributed by atoms with Gasteiger partial charge < -0.3 is 10.5 Å². The average Bonchev–Trinajstić information content (AvgIpc) is 2.40. The van der Waals surface area contributed by atoms with Crippen molar-refractivity contribution in [3.8, 4) is 5.75 Å². The molecule has 0 amide bonds. The van der Waals surface area contributed by atoms with Crippen LogP contribution in [0.15, 0.2) is 24.3 Å². The predicted molar refractivity (Wildman–Crippen MR) is 82.0 cm³/mol. The van der Waals surface area contributed by atoms with Gasteiger partial charge in [0, 0.05) is 16.0 Å². The lowest BCUT2D eigenvalue weighted by Crippen LogP contribution is -2.22. The normalized spacial score (nSPS) is 14.4. The molecule has 2 N–H and O–H groups in total. The van der Waals surface area contributed by atoms with Crippen molar-refractivity contribution in [3.63, 3.8) is 0 Å². The Labute approximate surface area is 119 Å². The highest BCUT2D eigenvalue weighted by Gasteiger charge is 2.14. The summed E-state index contributed by atoms with van der Waals surface area (Å²) in [6, 6.07) is 7.94. The van der Waals surface area contributed by atoms with Gasteiger partial charge in [0.05, 0.1) is 12.4 Å². The summed E-state index contributed by atoms with van der Waals surface area (Å²) in [6.45, 7) is 7.38. The van der Waals surface area contributed by atoms with E-state index in [2.05, 4.69) is 13.8 Å². The van der Waals surface area contributed by atoms with E-state index in [0.717, 1.165) is 12.2 Å². The summed E-state index contributed by atoms with van der Waals surface area (Å²) in [7, 11) is -0.817. The molecule has 0 fully saturated rings. The van der Waals surface area contributed by atoms with E-state index >= 15 is 0 Å². The van der Waals surface area contributed by atoms with Gasteiger partial charge in [-0.1, -0.05) is 32.9 Å². The highest BCUT2D eigenvalue weighted by atomic mass is 32.2. The van der Waals surface area contributed by atoms with E-state index in [9.17, 15) is 4.21 Å². The third-order valence-electron chi connectivity index (χ3n) is 3.26. The lowest BCUT2D eigenvalue weighted by atomic mass is 10.1. The molecule has 0 aliphatic rings. The van der Waals surface area contributed by atoms with E-state index in [-0.39, 0.29) is 5.25 Å². The summed E-state index contributed by atoms with van der Waals surface area (Å²) in [4.78, 5) is 0. The zero-order valence-corrected chi connectivity index (χ0v) is 12.9. The van der Waals surface area contributed by atoms with E-state index in [0.29, 0.717) is 24.8 Å². The molecule has 0 bridgehead atoms. The van der Waals surface area contributed by atoms with Crippen molar-refractivity contribution < 1.29 is 8.95 Å². The molecule has 0 saturated carbocycles. The molecule has 0 aliphatic carbocycles. The Hall–Kier alpha value is -0.870. The van der Waals surface area contributed by atoms with Gasteiger partial charge in [-0.25, -0.2) is 0 Å². The average molecular weight is 283 g/mol. The number of hydrogen-bond donors (Lipinski definition) is 1. The Kier molecular flexibility index (Phi) is 7.10. The van der Waals surface area contributed by atoms with Gasteiger partial charge >= 0.3 is 0 Å². The van der Waals surface area contributed by atoms with Gasteiger partial charge in [-0.3, -0.25) is 4.21 Å². The van der Waals surface area contributed by atoms with Crippen LogP contribution in [-0.2, 0) is 17.2 Å². The molecule has 0 aliphatic heterocycles. The first-order valence-corrected chi connectivity index (χ1v) is 8.21. The van der Waals surface area contributed by atoms with Crippen LogP contribution in [-0.4, -0.2) is 28.4 Å². The number of benzene rings is 1. The summed E-state index contributed by atoms with van der Waals surface area (Å²) in [6.07, 6.45) is 0.885. The van der Waals surface area contributed by atoms with Crippen LogP contribution in [0.1, 0.15) is 26.3 Å². The topological polar surface area (TPSA) is 52.3 Å². The van der Waals surface area contributed by atoms with E-state index in [1.54, 1.807) is 0 Å². The van der Waals surface area contributed by atoms with Crippen LogP contribution in [0.3, 0.4) is 0 Å². The quantitative estimate of drug-likeness (QED) is 0.797. The van der Waals surface area contributed by atoms with Gasteiger partial charge in [-0.05, 0) is 36.6 Å². The van der Waals surface area contributed by atoms with Crippen molar-refractivity contribution in [1.82, 2.24) is 0 Å². The van der Waals surface area contributed by atoms with Gasteiger partial charge in [0.1, 0.15) is 5.75 Å². The molecule has 0 saturated heterocycles. The Balaban J connectivity index is 2.35. The minimum atomic E-state index is -0.817. The molecule has 3 nitrogen and oxygen atoms in total. The number of ether oxygens (including phenoxy) is 1. The molecule has 1 aromatic rings. The first-order valence-electron chi connectivity index (χ1n) is 6.83. The second-order valence-electron chi connectivity index (χ2n) is 5.07. The van der Waals surface area contributed by atoms with Gasteiger partial charge in [0.25, 0.3) is 0 Å². The van der Waals surface area contributed by atoms with E-state index in [1.807, 2.05) is 31.2 Å². The van der Waals surface area contributed by atoms with Crippen LogP contribution in [0.2, 0.25) is 0 Å². The minimum absolute atomic E-state index is 0.218. The molecule has 1 aromatic carbocycles. The number of hydrogen-bond acceptors (Lipinski definition) is 3. The van der Waals surface area contributed by atoms with Crippen molar-refractivity contribution in [2.45, 2.75) is 32.4 Å². The highest BCUT2D eigenvalue weighted by molar-refractivity contribution is 7.85. The van der Waals surface area contributed by atoms with Gasteiger partial charge in [-0.15, -0.1) is 0 Å². The van der Waals surface area contributed by atoms with Crippen molar-refractivity contribution in [1.29, 1.82) is 0 Å². The fourth-order valence-corrected chi connectivity index (χ4v) is 2.88. The minimum Gasteiger partial charge on any atom is -0.493 e. The van der Waals surface area contributed by atoms with Crippen molar-refractivity contribution in [3.05, 3.63) is 29.8 Å². The maximum absolute atomic E-state index is 11.9. The van der Waals surface area contributed by atoms with Crippen molar-refractivity contribution in [2.75, 3.05) is 18.9 Å². The van der Waals surface area contributed by atoms with Gasteiger partial charge in [0.2, 0.25) is 0 Å². The second kappa shape index (κ2) is 8.33. The van der Waals surface area contributed by atoms with Crippen molar-refractivity contribution >= 4 is 10.8 Å². The van der Waals surface area contributed by atoms with Crippen molar-refractivity contribution in [2.24, 2.45) is 11.7 Å². The Bertz CT molecular complexity index is 390. The maximum Gasteiger partial charge on any atom is 0.119 e. The van der Waals surface area contributed by atoms with Gasteiger partial charge in [-0.2, -0.15) is 0 Å². The first-order chi connectivity index (χ1) is 9.04. The third-order valence-corrected chi connectivity index (χ3v) is 5.21. The molecular formula is C15H25NO2S. The van der Waals surface area contributed by atoms with Crippen LogP contribution >= 0.6 is 0 Å².